The van der Waals surface area contributed by atoms with Crippen molar-refractivity contribution in [1.82, 2.24) is 15.6 Å². The van der Waals surface area contributed by atoms with Gasteiger partial charge in [-0.1, -0.05) is 0 Å². The van der Waals surface area contributed by atoms with Crippen LogP contribution in [-0.4, -0.2) is 29.0 Å². The maximum absolute atomic E-state index is 12.4. The number of benzene rings is 1. The molecule has 4 rings (SSSR count). The highest BCUT2D eigenvalue weighted by Crippen LogP contribution is 2.28. The molecule has 3 heterocycles. The first-order chi connectivity index (χ1) is 12.2. The number of nitriles is 1. The van der Waals surface area contributed by atoms with Gasteiger partial charge in [-0.05, 0) is 49.6 Å². The Kier molecular flexibility index (Phi) is 4.08. The smallest absolute Gasteiger partial charge is 0.251 e. The van der Waals surface area contributed by atoms with E-state index < -0.39 is 0 Å². The van der Waals surface area contributed by atoms with Crippen LogP contribution in [-0.2, 0) is 0 Å². The van der Waals surface area contributed by atoms with Gasteiger partial charge in [0.1, 0.15) is 11.8 Å². The van der Waals surface area contributed by atoms with Gasteiger partial charge in [0.25, 0.3) is 5.91 Å². The molecule has 3 atom stereocenters. The van der Waals surface area contributed by atoms with Crippen molar-refractivity contribution in [2.45, 2.75) is 37.4 Å². The standard InChI is InChI=1S/C19H18N4O2/c20-10-12-1-8-18(21-11-12)25-15-5-2-13(3-6-15)19(24)23-17-9-14-4-7-16(17)22-14/h1-3,5-6,8,11,14,16-17,22H,4,7,9H2,(H,23,24). The van der Waals surface area contributed by atoms with Gasteiger partial charge in [-0.25, -0.2) is 4.98 Å². The summed E-state index contributed by atoms with van der Waals surface area (Å²) in [6, 6.07) is 13.5. The van der Waals surface area contributed by atoms with Gasteiger partial charge >= 0.3 is 0 Å². The van der Waals surface area contributed by atoms with Gasteiger partial charge in [0, 0.05) is 36.0 Å². The zero-order valence-electron chi connectivity index (χ0n) is 13.6. The molecule has 1 aromatic carbocycles. The van der Waals surface area contributed by atoms with Crippen molar-refractivity contribution in [3.8, 4) is 17.7 Å². The zero-order chi connectivity index (χ0) is 17.2. The molecule has 0 spiro atoms. The van der Waals surface area contributed by atoms with Crippen LogP contribution in [0.5, 0.6) is 11.6 Å². The van der Waals surface area contributed by atoms with Crippen LogP contribution < -0.4 is 15.4 Å². The molecule has 2 fully saturated rings. The van der Waals surface area contributed by atoms with Crippen LogP contribution >= 0.6 is 0 Å². The Balaban J connectivity index is 1.37. The second-order valence-electron chi connectivity index (χ2n) is 6.49. The maximum atomic E-state index is 12.4. The molecule has 3 unspecified atom stereocenters. The fourth-order valence-electron chi connectivity index (χ4n) is 3.54. The van der Waals surface area contributed by atoms with Gasteiger partial charge in [0.15, 0.2) is 0 Å². The highest BCUT2D eigenvalue weighted by atomic mass is 16.5. The lowest BCUT2D eigenvalue weighted by atomic mass is 9.95. The molecule has 2 aliphatic rings. The summed E-state index contributed by atoms with van der Waals surface area (Å²) in [6.45, 7) is 0. The average molecular weight is 334 g/mol. The second kappa shape index (κ2) is 6.54. The Morgan fingerprint density at radius 1 is 1.24 bits per heavy atom. The number of aromatic nitrogens is 1. The first-order valence-electron chi connectivity index (χ1n) is 8.42. The average Bonchev–Trinajstić information content (AvgIpc) is 3.26. The van der Waals surface area contributed by atoms with Gasteiger partial charge in [0.2, 0.25) is 5.88 Å². The Hall–Kier alpha value is -2.91. The summed E-state index contributed by atoms with van der Waals surface area (Å²) in [4.78, 5) is 16.5. The van der Waals surface area contributed by atoms with E-state index in [4.69, 9.17) is 10.00 Å². The fraction of sp³-hybridized carbons (Fsp3) is 0.316. The predicted molar refractivity (Wildman–Crippen MR) is 91.3 cm³/mol. The van der Waals surface area contributed by atoms with Crippen LogP contribution in [0.25, 0.3) is 0 Å². The molecule has 0 radical (unpaired) electrons. The van der Waals surface area contributed by atoms with Crippen molar-refractivity contribution in [2.24, 2.45) is 0 Å². The molecule has 1 aromatic heterocycles. The summed E-state index contributed by atoms with van der Waals surface area (Å²) in [5.74, 6) is 0.946. The monoisotopic (exact) mass is 334 g/mol. The molecule has 2 N–H and O–H groups in total. The van der Waals surface area contributed by atoms with Gasteiger partial charge < -0.3 is 15.4 Å². The first kappa shape index (κ1) is 15.6. The summed E-state index contributed by atoms with van der Waals surface area (Å²) < 4.78 is 5.62. The molecule has 6 nitrogen and oxygen atoms in total. The molecular weight excluding hydrogens is 316 g/mol. The van der Waals surface area contributed by atoms with Gasteiger partial charge in [-0.2, -0.15) is 5.26 Å². The van der Waals surface area contributed by atoms with E-state index in [1.165, 1.54) is 12.6 Å². The molecule has 2 bridgehead atoms. The quantitative estimate of drug-likeness (QED) is 0.896. The van der Waals surface area contributed by atoms with E-state index in [2.05, 4.69) is 15.6 Å². The minimum Gasteiger partial charge on any atom is -0.439 e. The number of nitrogens with one attached hydrogen (secondary N) is 2. The number of ether oxygens (including phenoxy) is 1. The van der Waals surface area contributed by atoms with Gasteiger partial charge in [-0.3, -0.25) is 4.79 Å². The van der Waals surface area contributed by atoms with Crippen molar-refractivity contribution in [3.05, 3.63) is 53.7 Å². The zero-order valence-corrected chi connectivity index (χ0v) is 13.6. The molecule has 2 saturated heterocycles. The van der Waals surface area contributed by atoms with E-state index in [0.717, 1.165) is 12.8 Å². The maximum Gasteiger partial charge on any atom is 0.251 e. The summed E-state index contributed by atoms with van der Waals surface area (Å²) in [7, 11) is 0. The number of carbonyl (C=O) groups excluding carboxylic acids is 1. The van der Waals surface area contributed by atoms with E-state index in [9.17, 15) is 4.79 Å². The number of pyridine rings is 1. The normalized spacial score (nSPS) is 23.9. The molecule has 1 amide bonds. The van der Waals surface area contributed by atoms with E-state index >= 15 is 0 Å². The van der Waals surface area contributed by atoms with Gasteiger partial charge in [-0.15, -0.1) is 0 Å². The molecule has 0 aliphatic carbocycles. The number of amides is 1. The fourth-order valence-corrected chi connectivity index (χ4v) is 3.54. The summed E-state index contributed by atoms with van der Waals surface area (Å²) in [6.07, 6.45) is 4.83. The minimum atomic E-state index is -0.0533. The van der Waals surface area contributed by atoms with E-state index in [1.54, 1.807) is 36.4 Å². The molecule has 2 aliphatic heterocycles. The Bertz CT molecular complexity index is 811. The van der Waals surface area contributed by atoms with Crippen LogP contribution in [0.1, 0.15) is 35.2 Å². The molecule has 25 heavy (non-hydrogen) atoms. The van der Waals surface area contributed by atoms with Crippen molar-refractivity contribution < 1.29 is 9.53 Å². The van der Waals surface area contributed by atoms with Gasteiger partial charge in [0.05, 0.1) is 5.56 Å². The predicted octanol–water partition coefficient (Wildman–Crippen LogP) is 2.37. The first-order valence-corrected chi connectivity index (χ1v) is 8.42. The molecule has 0 saturated carbocycles. The molecule has 6 heteroatoms. The lowest BCUT2D eigenvalue weighted by molar-refractivity contribution is 0.0931. The van der Waals surface area contributed by atoms with E-state index in [1.807, 2.05) is 6.07 Å². The van der Waals surface area contributed by atoms with Crippen LogP contribution in [0.3, 0.4) is 0 Å². The summed E-state index contributed by atoms with van der Waals surface area (Å²) in [5.41, 5.74) is 1.09. The Morgan fingerprint density at radius 3 is 2.68 bits per heavy atom. The number of rotatable bonds is 4. The number of hydrogen-bond donors (Lipinski definition) is 2. The highest BCUT2D eigenvalue weighted by molar-refractivity contribution is 5.94. The second-order valence-corrected chi connectivity index (χ2v) is 6.49. The van der Waals surface area contributed by atoms with Crippen molar-refractivity contribution in [1.29, 1.82) is 5.26 Å². The minimum absolute atomic E-state index is 0.0533. The van der Waals surface area contributed by atoms with E-state index in [0.29, 0.717) is 34.8 Å². The molecule has 2 aromatic rings. The largest absolute Gasteiger partial charge is 0.439 e. The SMILES string of the molecule is N#Cc1ccc(Oc2ccc(C(=O)NC3CC4CCC3N4)cc2)nc1. The van der Waals surface area contributed by atoms with Crippen molar-refractivity contribution >= 4 is 5.91 Å². The van der Waals surface area contributed by atoms with Crippen LogP contribution in [0.4, 0.5) is 0 Å². The third kappa shape index (κ3) is 3.32. The molecule has 126 valence electrons. The Morgan fingerprint density at radius 2 is 2.08 bits per heavy atom. The third-order valence-electron chi connectivity index (χ3n) is 4.82. The van der Waals surface area contributed by atoms with E-state index in [-0.39, 0.29) is 11.9 Å². The third-order valence-corrected chi connectivity index (χ3v) is 4.82. The van der Waals surface area contributed by atoms with Crippen LogP contribution in [0, 0.1) is 11.3 Å². The Labute approximate surface area is 145 Å². The van der Waals surface area contributed by atoms with Crippen molar-refractivity contribution in [2.75, 3.05) is 0 Å². The summed E-state index contributed by atoms with van der Waals surface area (Å²) in [5, 5.41) is 15.4. The number of nitrogens with zero attached hydrogens (tertiary/aromatic N) is 2. The number of fused-ring (bicyclic) bond motifs is 2. The number of hydrogen-bond acceptors (Lipinski definition) is 5. The lowest BCUT2D eigenvalue weighted by Gasteiger charge is -2.21. The van der Waals surface area contributed by atoms with Crippen molar-refractivity contribution in [3.63, 3.8) is 0 Å². The molecular formula is C19H18N4O2. The topological polar surface area (TPSA) is 87.0 Å². The van der Waals surface area contributed by atoms with Crippen LogP contribution in [0.2, 0.25) is 0 Å². The van der Waals surface area contributed by atoms with Crippen LogP contribution in [0.15, 0.2) is 42.6 Å². The number of carbonyl (C=O) groups is 1. The summed E-state index contributed by atoms with van der Waals surface area (Å²) >= 11 is 0. The lowest BCUT2D eigenvalue weighted by Crippen LogP contribution is -2.42. The highest BCUT2D eigenvalue weighted by Gasteiger charge is 2.39.